The molecule has 0 N–H and O–H groups in total. The molecule has 2 aliphatic heterocycles. The third-order valence-electron chi connectivity index (χ3n) is 5.25. The van der Waals surface area contributed by atoms with Gasteiger partial charge in [-0.2, -0.15) is 8.42 Å². The molecule has 2 aromatic rings. The number of nitrogens with zero attached hydrogens (tertiary/aromatic N) is 2. The smallest absolute Gasteiger partial charge is 0.310 e. The average Bonchev–Trinajstić information content (AvgIpc) is 3.02. The Bertz CT molecular complexity index is 1080. The summed E-state index contributed by atoms with van der Waals surface area (Å²) in [6, 6.07) is 14.5. The summed E-state index contributed by atoms with van der Waals surface area (Å²) in [7, 11) is -3.68. The molecule has 8 heteroatoms. The van der Waals surface area contributed by atoms with Crippen molar-refractivity contribution in [3.8, 4) is 5.75 Å². The van der Waals surface area contributed by atoms with Gasteiger partial charge in [0, 0.05) is 18.7 Å². The summed E-state index contributed by atoms with van der Waals surface area (Å²) >= 11 is 0. The quantitative estimate of drug-likeness (QED) is 0.538. The lowest BCUT2D eigenvalue weighted by Crippen LogP contribution is -2.43. The van der Waals surface area contributed by atoms with Crippen molar-refractivity contribution in [1.82, 2.24) is 4.90 Å². The van der Waals surface area contributed by atoms with Gasteiger partial charge in [-0.3, -0.25) is 4.79 Å². The van der Waals surface area contributed by atoms with E-state index >= 15 is 0 Å². The first-order valence-corrected chi connectivity index (χ1v) is 11.4. The van der Waals surface area contributed by atoms with Gasteiger partial charge in [0.1, 0.15) is 23.9 Å². The van der Waals surface area contributed by atoms with Crippen LogP contribution < -0.4 is 4.74 Å². The van der Waals surface area contributed by atoms with Crippen LogP contribution in [0.4, 0.5) is 0 Å². The van der Waals surface area contributed by atoms with Crippen LogP contribution >= 0.6 is 0 Å². The number of aryl methyl sites for hydroxylation is 1. The summed E-state index contributed by atoms with van der Waals surface area (Å²) in [4.78, 5) is 14.6. The number of amidine groups is 1. The number of sulfonamides is 1. The lowest BCUT2D eigenvalue weighted by atomic mass is 9.97. The molecule has 1 saturated heterocycles. The zero-order valence-corrected chi connectivity index (χ0v) is 17.6. The Morgan fingerprint density at radius 1 is 1.17 bits per heavy atom. The predicted molar refractivity (Wildman–Crippen MR) is 112 cm³/mol. The second kappa shape index (κ2) is 8.47. The fourth-order valence-electron chi connectivity index (χ4n) is 3.80. The van der Waals surface area contributed by atoms with Crippen molar-refractivity contribution in [1.29, 1.82) is 0 Å². The Balaban J connectivity index is 1.33. The Morgan fingerprint density at radius 2 is 2.00 bits per heavy atom. The second-order valence-corrected chi connectivity index (χ2v) is 9.08. The lowest BCUT2D eigenvalue weighted by Gasteiger charge is -2.32. The number of hydrogen-bond donors (Lipinski definition) is 0. The first-order valence-electron chi connectivity index (χ1n) is 9.99. The van der Waals surface area contributed by atoms with E-state index in [0.29, 0.717) is 30.9 Å². The molecule has 158 valence electrons. The van der Waals surface area contributed by atoms with Crippen molar-refractivity contribution < 1.29 is 22.7 Å². The summed E-state index contributed by atoms with van der Waals surface area (Å²) in [6.45, 7) is 3.48. The highest BCUT2D eigenvalue weighted by molar-refractivity contribution is 7.90. The van der Waals surface area contributed by atoms with E-state index in [1.807, 2.05) is 36.1 Å². The van der Waals surface area contributed by atoms with Crippen LogP contribution in [0.25, 0.3) is 0 Å². The van der Waals surface area contributed by atoms with Gasteiger partial charge in [-0.1, -0.05) is 24.3 Å². The Kier molecular flexibility index (Phi) is 5.76. The molecular formula is C22H24N2O5S. The number of benzene rings is 2. The number of carbonyl (C=O) groups excluding carboxylic acids is 1. The summed E-state index contributed by atoms with van der Waals surface area (Å²) < 4.78 is 39.6. The second-order valence-electron chi connectivity index (χ2n) is 7.50. The van der Waals surface area contributed by atoms with Gasteiger partial charge in [0.25, 0.3) is 10.0 Å². The van der Waals surface area contributed by atoms with E-state index in [9.17, 15) is 13.2 Å². The Labute approximate surface area is 176 Å². The Hall–Kier alpha value is -2.87. The van der Waals surface area contributed by atoms with Gasteiger partial charge in [0.05, 0.1) is 5.92 Å². The zero-order chi connectivity index (χ0) is 21.1. The summed E-state index contributed by atoms with van der Waals surface area (Å²) in [5.74, 6) is 0.554. The van der Waals surface area contributed by atoms with Crippen molar-refractivity contribution in [3.63, 3.8) is 0 Å². The molecule has 30 heavy (non-hydrogen) atoms. The highest BCUT2D eigenvalue weighted by Crippen LogP contribution is 2.30. The van der Waals surface area contributed by atoms with Crippen LogP contribution in [0.2, 0.25) is 0 Å². The molecule has 1 fully saturated rings. The van der Waals surface area contributed by atoms with Crippen LogP contribution in [0.5, 0.6) is 5.75 Å². The van der Waals surface area contributed by atoms with E-state index in [4.69, 9.17) is 9.47 Å². The van der Waals surface area contributed by atoms with E-state index in [1.165, 1.54) is 0 Å². The molecule has 0 amide bonds. The fourth-order valence-corrected chi connectivity index (χ4v) is 5.03. The third kappa shape index (κ3) is 4.33. The maximum absolute atomic E-state index is 12.5. The minimum Gasteiger partial charge on any atom is -0.490 e. The van der Waals surface area contributed by atoms with Crippen LogP contribution in [-0.2, 0) is 19.6 Å². The maximum atomic E-state index is 12.5. The number of piperidine rings is 1. The van der Waals surface area contributed by atoms with Crippen LogP contribution in [0, 0.1) is 12.8 Å². The molecular weight excluding hydrogens is 404 g/mol. The molecule has 0 bridgehead atoms. The standard InChI is InChI=1S/C22H24N2O5S/c1-16-6-4-8-18(14-16)28-12-13-29-22(25)17-7-5-11-24(15-17)21-19-9-2-3-10-20(19)30(26,27)23-21/h2-4,6,8-10,14,17H,5,7,11-13,15H2,1H3. The van der Waals surface area contributed by atoms with Gasteiger partial charge in [0.15, 0.2) is 5.84 Å². The van der Waals surface area contributed by atoms with E-state index < -0.39 is 10.0 Å². The number of rotatable bonds is 5. The zero-order valence-electron chi connectivity index (χ0n) is 16.8. The molecule has 0 aliphatic carbocycles. The molecule has 4 rings (SSSR count). The highest BCUT2D eigenvalue weighted by Gasteiger charge is 2.35. The van der Waals surface area contributed by atoms with Crippen LogP contribution in [0.15, 0.2) is 57.8 Å². The number of carbonyl (C=O) groups is 1. The monoisotopic (exact) mass is 428 g/mol. The van der Waals surface area contributed by atoms with Crippen molar-refractivity contribution in [2.45, 2.75) is 24.7 Å². The normalized spacial score (nSPS) is 19.7. The average molecular weight is 429 g/mol. The molecule has 2 aliphatic rings. The molecule has 0 radical (unpaired) electrons. The van der Waals surface area contributed by atoms with Gasteiger partial charge < -0.3 is 14.4 Å². The predicted octanol–water partition coefficient (Wildman–Crippen LogP) is 2.78. The lowest BCUT2D eigenvalue weighted by molar-refractivity contribution is -0.150. The van der Waals surface area contributed by atoms with Gasteiger partial charge in [-0.25, -0.2) is 0 Å². The Morgan fingerprint density at radius 3 is 2.83 bits per heavy atom. The third-order valence-corrected chi connectivity index (χ3v) is 6.58. The number of ether oxygens (including phenoxy) is 2. The fraction of sp³-hybridized carbons (Fsp3) is 0.364. The largest absolute Gasteiger partial charge is 0.490 e. The van der Waals surface area contributed by atoms with Crippen molar-refractivity contribution in [3.05, 3.63) is 59.7 Å². The number of hydrogen-bond acceptors (Lipinski definition) is 6. The minimum absolute atomic E-state index is 0.168. The molecule has 2 heterocycles. The highest BCUT2D eigenvalue weighted by atomic mass is 32.2. The number of fused-ring (bicyclic) bond motifs is 1. The first-order chi connectivity index (χ1) is 14.4. The number of likely N-dealkylation sites (tertiary alicyclic amines) is 1. The van der Waals surface area contributed by atoms with Crippen LogP contribution in [0.3, 0.4) is 0 Å². The van der Waals surface area contributed by atoms with Crippen molar-refractivity contribution in [2.75, 3.05) is 26.3 Å². The topological polar surface area (TPSA) is 85.3 Å². The van der Waals surface area contributed by atoms with E-state index in [2.05, 4.69) is 4.40 Å². The molecule has 2 aromatic carbocycles. The molecule has 1 unspecified atom stereocenters. The van der Waals surface area contributed by atoms with E-state index in [1.54, 1.807) is 24.3 Å². The van der Waals surface area contributed by atoms with E-state index in [-0.39, 0.29) is 30.0 Å². The van der Waals surface area contributed by atoms with Crippen molar-refractivity contribution in [2.24, 2.45) is 10.3 Å². The SMILES string of the molecule is Cc1cccc(OCCOC(=O)C2CCCN(C3=NS(=O)(=O)c4ccccc43)C2)c1. The molecule has 0 aromatic heterocycles. The summed E-state index contributed by atoms with van der Waals surface area (Å²) in [5, 5.41) is 0. The van der Waals surface area contributed by atoms with Gasteiger partial charge in [0.2, 0.25) is 0 Å². The van der Waals surface area contributed by atoms with Crippen LogP contribution in [-0.4, -0.2) is 51.4 Å². The summed E-state index contributed by atoms with van der Waals surface area (Å²) in [6.07, 6.45) is 1.47. The maximum Gasteiger partial charge on any atom is 0.310 e. The van der Waals surface area contributed by atoms with Gasteiger partial charge in [-0.05, 0) is 49.6 Å². The molecule has 1 atom stereocenters. The first kappa shape index (κ1) is 20.4. The molecule has 0 saturated carbocycles. The molecule has 0 spiro atoms. The van der Waals surface area contributed by atoms with Gasteiger partial charge in [-0.15, -0.1) is 4.40 Å². The van der Waals surface area contributed by atoms with E-state index in [0.717, 1.165) is 17.7 Å². The molecule has 7 nitrogen and oxygen atoms in total. The number of esters is 1. The van der Waals surface area contributed by atoms with Gasteiger partial charge >= 0.3 is 5.97 Å². The van der Waals surface area contributed by atoms with Crippen molar-refractivity contribution >= 4 is 21.8 Å². The minimum atomic E-state index is -3.68. The summed E-state index contributed by atoms with van der Waals surface area (Å²) in [5.41, 5.74) is 1.70. The van der Waals surface area contributed by atoms with Crippen LogP contribution in [0.1, 0.15) is 24.0 Å².